The Morgan fingerprint density at radius 2 is 1.95 bits per heavy atom. The van der Waals surface area contributed by atoms with E-state index in [-0.39, 0.29) is 18.0 Å². The van der Waals surface area contributed by atoms with Gasteiger partial charge >= 0.3 is 0 Å². The van der Waals surface area contributed by atoms with E-state index >= 15 is 0 Å². The maximum Gasteiger partial charge on any atom is 0.129 e. The number of benzene rings is 1. The molecule has 0 amide bonds. The van der Waals surface area contributed by atoms with E-state index in [1.54, 1.807) is 6.26 Å². The van der Waals surface area contributed by atoms with Crippen LogP contribution in [0.25, 0.3) is 0 Å². The molecule has 0 saturated heterocycles. The van der Waals surface area contributed by atoms with Gasteiger partial charge in [0.2, 0.25) is 0 Å². The van der Waals surface area contributed by atoms with E-state index in [1.165, 1.54) is 18.2 Å². The van der Waals surface area contributed by atoms with Crippen molar-refractivity contribution in [2.75, 3.05) is 6.54 Å². The Kier molecular flexibility index (Phi) is 4.32. The average molecular weight is 265 g/mol. The van der Waals surface area contributed by atoms with Gasteiger partial charge in [0.1, 0.15) is 17.4 Å². The van der Waals surface area contributed by atoms with Gasteiger partial charge in [0.25, 0.3) is 0 Å². The quantitative estimate of drug-likeness (QED) is 0.890. The molecule has 1 atom stereocenters. The van der Waals surface area contributed by atoms with E-state index in [4.69, 9.17) is 4.42 Å². The van der Waals surface area contributed by atoms with Gasteiger partial charge in [0, 0.05) is 17.2 Å². The molecule has 1 aromatic heterocycles. The molecule has 0 aliphatic heterocycles. The lowest BCUT2D eigenvalue weighted by molar-refractivity contribution is 0.488. The van der Waals surface area contributed by atoms with Crippen LogP contribution in [0.3, 0.4) is 0 Å². The van der Waals surface area contributed by atoms with E-state index < -0.39 is 11.6 Å². The summed E-state index contributed by atoms with van der Waals surface area (Å²) in [7, 11) is 0. The number of nitrogens with one attached hydrogen (secondary N) is 1. The van der Waals surface area contributed by atoms with Crippen LogP contribution < -0.4 is 5.32 Å². The van der Waals surface area contributed by atoms with Crippen molar-refractivity contribution < 1.29 is 13.2 Å². The summed E-state index contributed by atoms with van der Waals surface area (Å²) in [5.41, 5.74) is 1.01. The van der Waals surface area contributed by atoms with Crippen molar-refractivity contribution in [2.45, 2.75) is 26.3 Å². The highest BCUT2D eigenvalue weighted by Gasteiger charge is 2.18. The smallest absolute Gasteiger partial charge is 0.129 e. The van der Waals surface area contributed by atoms with Crippen LogP contribution in [0.4, 0.5) is 8.78 Å². The molecule has 0 radical (unpaired) electrons. The normalized spacial score (nSPS) is 12.6. The van der Waals surface area contributed by atoms with Gasteiger partial charge < -0.3 is 9.73 Å². The highest BCUT2D eigenvalue weighted by Crippen LogP contribution is 2.23. The molecule has 2 nitrogen and oxygen atoms in total. The largest absolute Gasteiger partial charge is 0.469 e. The fourth-order valence-corrected chi connectivity index (χ4v) is 2.13. The minimum atomic E-state index is -0.511. The average Bonchev–Trinajstić information content (AvgIpc) is 2.79. The molecule has 1 N–H and O–H groups in total. The summed E-state index contributed by atoms with van der Waals surface area (Å²) in [6, 6.07) is 5.66. The first kappa shape index (κ1) is 13.7. The van der Waals surface area contributed by atoms with Crippen molar-refractivity contribution in [3.05, 3.63) is 59.1 Å². The first-order chi connectivity index (χ1) is 9.11. The van der Waals surface area contributed by atoms with Crippen LogP contribution in [0.5, 0.6) is 0 Å². The second-order valence-corrected chi connectivity index (χ2v) is 4.51. The molecule has 0 bridgehead atoms. The van der Waals surface area contributed by atoms with Crippen LogP contribution in [0, 0.1) is 18.6 Å². The van der Waals surface area contributed by atoms with Gasteiger partial charge in [-0.2, -0.15) is 0 Å². The number of likely N-dealkylation sites (N-methyl/N-ethyl adjacent to an activating group) is 1. The number of hydrogen-bond acceptors (Lipinski definition) is 2. The second-order valence-electron chi connectivity index (χ2n) is 4.51. The highest BCUT2D eigenvalue weighted by atomic mass is 19.1. The maximum absolute atomic E-state index is 13.7. The lowest BCUT2D eigenvalue weighted by atomic mass is 10.00. The van der Waals surface area contributed by atoms with Gasteiger partial charge in [0.05, 0.1) is 6.26 Å². The first-order valence-electron chi connectivity index (χ1n) is 6.33. The van der Waals surface area contributed by atoms with Crippen molar-refractivity contribution in [3.63, 3.8) is 0 Å². The van der Waals surface area contributed by atoms with Crippen LogP contribution in [0.15, 0.2) is 34.9 Å². The lowest BCUT2D eigenvalue weighted by Gasteiger charge is -2.17. The standard InChI is InChI=1S/C15H17F2NO/c1-3-18-15(11-7-10(2)19-9-11)8-12-13(16)5-4-6-14(12)17/h4-7,9,15,18H,3,8H2,1-2H3. The van der Waals surface area contributed by atoms with E-state index in [0.717, 1.165) is 11.3 Å². The molecule has 1 aromatic carbocycles. The fourth-order valence-electron chi connectivity index (χ4n) is 2.13. The van der Waals surface area contributed by atoms with Gasteiger partial charge in [-0.05, 0) is 38.1 Å². The number of halogens is 2. The second kappa shape index (κ2) is 5.97. The third-order valence-corrected chi connectivity index (χ3v) is 3.07. The molecule has 0 aliphatic rings. The zero-order valence-electron chi connectivity index (χ0n) is 11.0. The van der Waals surface area contributed by atoms with Gasteiger partial charge in [0.15, 0.2) is 0 Å². The highest BCUT2D eigenvalue weighted by molar-refractivity contribution is 5.25. The third-order valence-electron chi connectivity index (χ3n) is 3.07. The van der Waals surface area contributed by atoms with E-state index in [9.17, 15) is 8.78 Å². The molecule has 2 aromatic rings. The molecule has 0 spiro atoms. The Balaban J connectivity index is 2.26. The Hall–Kier alpha value is -1.68. The monoisotopic (exact) mass is 265 g/mol. The van der Waals surface area contributed by atoms with Crippen molar-refractivity contribution in [1.82, 2.24) is 5.32 Å². The van der Waals surface area contributed by atoms with Crippen LogP contribution in [0.1, 0.15) is 29.9 Å². The Labute approximate surface area is 111 Å². The predicted molar refractivity (Wildman–Crippen MR) is 69.9 cm³/mol. The topological polar surface area (TPSA) is 25.2 Å². The summed E-state index contributed by atoms with van der Waals surface area (Å²) >= 11 is 0. The summed E-state index contributed by atoms with van der Waals surface area (Å²) in [6.07, 6.45) is 1.88. The van der Waals surface area contributed by atoms with Crippen LogP contribution in [0.2, 0.25) is 0 Å². The molecule has 1 unspecified atom stereocenters. The molecular weight excluding hydrogens is 248 g/mol. The molecule has 4 heteroatoms. The first-order valence-corrected chi connectivity index (χ1v) is 6.33. The SMILES string of the molecule is CCNC(Cc1c(F)cccc1F)c1coc(C)c1. The van der Waals surface area contributed by atoms with E-state index in [2.05, 4.69) is 5.32 Å². The molecule has 2 rings (SSSR count). The van der Waals surface area contributed by atoms with Crippen molar-refractivity contribution in [1.29, 1.82) is 0 Å². The minimum Gasteiger partial charge on any atom is -0.469 e. The van der Waals surface area contributed by atoms with Gasteiger partial charge in [-0.15, -0.1) is 0 Å². The predicted octanol–water partition coefficient (Wildman–Crippen LogP) is 3.76. The molecule has 1 heterocycles. The third kappa shape index (κ3) is 3.20. The summed E-state index contributed by atoms with van der Waals surface area (Å²) in [4.78, 5) is 0. The van der Waals surface area contributed by atoms with Crippen molar-refractivity contribution >= 4 is 0 Å². The minimum absolute atomic E-state index is 0.104. The fraction of sp³-hybridized carbons (Fsp3) is 0.333. The molecule has 0 fully saturated rings. The molecule has 19 heavy (non-hydrogen) atoms. The number of rotatable bonds is 5. The van der Waals surface area contributed by atoms with Gasteiger partial charge in [-0.25, -0.2) is 8.78 Å². The number of hydrogen-bond donors (Lipinski definition) is 1. The van der Waals surface area contributed by atoms with Gasteiger partial charge in [-0.1, -0.05) is 13.0 Å². The molecule has 0 aliphatic carbocycles. The summed E-state index contributed by atoms with van der Waals surface area (Å²) < 4.78 is 32.6. The Morgan fingerprint density at radius 3 is 2.47 bits per heavy atom. The van der Waals surface area contributed by atoms with E-state index in [1.807, 2.05) is 19.9 Å². The van der Waals surface area contributed by atoms with E-state index in [0.29, 0.717) is 6.54 Å². The summed E-state index contributed by atoms with van der Waals surface area (Å²) in [6.45, 7) is 4.51. The zero-order valence-corrected chi connectivity index (χ0v) is 11.0. The van der Waals surface area contributed by atoms with Crippen LogP contribution in [-0.2, 0) is 6.42 Å². The van der Waals surface area contributed by atoms with Crippen LogP contribution >= 0.6 is 0 Å². The zero-order chi connectivity index (χ0) is 13.8. The number of aryl methyl sites for hydroxylation is 1. The van der Waals surface area contributed by atoms with Crippen molar-refractivity contribution in [3.8, 4) is 0 Å². The molecular formula is C15H17F2NO. The number of furan rings is 1. The lowest BCUT2D eigenvalue weighted by Crippen LogP contribution is -2.23. The maximum atomic E-state index is 13.7. The molecule has 0 saturated carbocycles. The Bertz CT molecular complexity index is 531. The van der Waals surface area contributed by atoms with Crippen LogP contribution in [-0.4, -0.2) is 6.54 Å². The van der Waals surface area contributed by atoms with Crippen molar-refractivity contribution in [2.24, 2.45) is 0 Å². The Morgan fingerprint density at radius 1 is 1.26 bits per heavy atom. The summed E-state index contributed by atoms with van der Waals surface area (Å²) in [5, 5.41) is 3.22. The summed E-state index contributed by atoms with van der Waals surface area (Å²) in [5.74, 6) is -0.238. The van der Waals surface area contributed by atoms with Gasteiger partial charge in [-0.3, -0.25) is 0 Å². The molecule has 102 valence electrons.